The van der Waals surface area contributed by atoms with Crippen LogP contribution in [-0.4, -0.2) is 36.1 Å². The van der Waals surface area contributed by atoms with E-state index in [0.717, 1.165) is 19.0 Å². The molecule has 1 N–H and O–H groups in total. The van der Waals surface area contributed by atoms with Gasteiger partial charge in [0.15, 0.2) is 0 Å². The van der Waals surface area contributed by atoms with Crippen LogP contribution in [0, 0.1) is 5.92 Å². The molecule has 16 heavy (non-hydrogen) atoms. The van der Waals surface area contributed by atoms with Gasteiger partial charge in [0.2, 0.25) is 0 Å². The van der Waals surface area contributed by atoms with Gasteiger partial charge in [0.05, 0.1) is 0 Å². The van der Waals surface area contributed by atoms with E-state index in [1.54, 1.807) is 0 Å². The minimum Gasteiger partial charge on any atom is -0.314 e. The van der Waals surface area contributed by atoms with Crippen molar-refractivity contribution in [2.24, 2.45) is 5.92 Å². The summed E-state index contributed by atoms with van der Waals surface area (Å²) in [7, 11) is 0. The van der Waals surface area contributed by atoms with Crippen LogP contribution in [0.2, 0.25) is 0 Å². The van der Waals surface area contributed by atoms with Gasteiger partial charge in [0.25, 0.3) is 0 Å². The molecule has 1 aromatic rings. The molecule has 2 heterocycles. The normalized spacial score (nSPS) is 24.2. The molecule has 3 heteroatoms. The average Bonchev–Trinajstić information content (AvgIpc) is 3.17. The zero-order valence-corrected chi connectivity index (χ0v) is 9.60. The van der Waals surface area contributed by atoms with E-state index in [4.69, 9.17) is 0 Å². The van der Waals surface area contributed by atoms with Gasteiger partial charge in [0, 0.05) is 44.6 Å². The highest BCUT2D eigenvalue weighted by Gasteiger charge is 2.36. The molecule has 1 aliphatic carbocycles. The van der Waals surface area contributed by atoms with Crippen LogP contribution in [0.1, 0.15) is 24.4 Å². The smallest absolute Gasteiger partial charge is 0.0378 e. The molecule has 86 valence electrons. The van der Waals surface area contributed by atoms with E-state index in [-0.39, 0.29) is 0 Å². The molecule has 0 radical (unpaired) electrons. The highest BCUT2D eigenvalue weighted by molar-refractivity contribution is 5.18. The van der Waals surface area contributed by atoms with Gasteiger partial charge < -0.3 is 5.32 Å². The maximum atomic E-state index is 4.12. The van der Waals surface area contributed by atoms with Crippen LogP contribution in [-0.2, 0) is 0 Å². The van der Waals surface area contributed by atoms with Crippen molar-refractivity contribution in [2.45, 2.75) is 18.9 Å². The van der Waals surface area contributed by atoms with Crippen molar-refractivity contribution >= 4 is 0 Å². The molecule has 1 aromatic heterocycles. The molecule has 0 aromatic carbocycles. The number of hydrogen-bond donors (Lipinski definition) is 1. The molecule has 1 saturated carbocycles. The molecule has 1 saturated heterocycles. The maximum absolute atomic E-state index is 4.12. The van der Waals surface area contributed by atoms with Gasteiger partial charge in [0.1, 0.15) is 0 Å². The summed E-state index contributed by atoms with van der Waals surface area (Å²) < 4.78 is 0. The van der Waals surface area contributed by atoms with Crippen LogP contribution < -0.4 is 5.32 Å². The summed E-state index contributed by atoms with van der Waals surface area (Å²) in [5, 5.41) is 3.43. The molecule has 0 spiro atoms. The minimum atomic E-state index is 0.644. The Labute approximate surface area is 96.9 Å². The molecule has 2 fully saturated rings. The Kier molecular flexibility index (Phi) is 2.89. The van der Waals surface area contributed by atoms with Crippen molar-refractivity contribution in [3.05, 3.63) is 30.1 Å². The Balaban J connectivity index is 1.80. The fourth-order valence-corrected chi connectivity index (χ4v) is 2.71. The van der Waals surface area contributed by atoms with Crippen LogP contribution in [0.3, 0.4) is 0 Å². The van der Waals surface area contributed by atoms with Crippen molar-refractivity contribution in [3.63, 3.8) is 0 Å². The van der Waals surface area contributed by atoms with Gasteiger partial charge >= 0.3 is 0 Å². The van der Waals surface area contributed by atoms with E-state index >= 15 is 0 Å². The molecule has 0 unspecified atom stereocenters. The summed E-state index contributed by atoms with van der Waals surface area (Å²) >= 11 is 0. The monoisotopic (exact) mass is 217 g/mol. The van der Waals surface area contributed by atoms with Gasteiger partial charge in [-0.2, -0.15) is 0 Å². The largest absolute Gasteiger partial charge is 0.314 e. The Morgan fingerprint density at radius 3 is 2.50 bits per heavy atom. The Morgan fingerprint density at radius 1 is 1.19 bits per heavy atom. The number of nitrogens with zero attached hydrogens (tertiary/aromatic N) is 2. The van der Waals surface area contributed by atoms with Crippen molar-refractivity contribution in [1.29, 1.82) is 0 Å². The lowest BCUT2D eigenvalue weighted by molar-refractivity contribution is 0.156. The summed E-state index contributed by atoms with van der Waals surface area (Å²) in [6, 6.07) is 5.01. The first-order valence-corrected chi connectivity index (χ1v) is 6.30. The van der Waals surface area contributed by atoms with E-state index in [1.807, 2.05) is 12.4 Å². The van der Waals surface area contributed by atoms with Gasteiger partial charge in [-0.25, -0.2) is 0 Å². The van der Waals surface area contributed by atoms with Crippen molar-refractivity contribution in [3.8, 4) is 0 Å². The zero-order chi connectivity index (χ0) is 10.8. The molecule has 0 bridgehead atoms. The first kappa shape index (κ1) is 10.2. The maximum Gasteiger partial charge on any atom is 0.0378 e. The number of rotatable bonds is 3. The van der Waals surface area contributed by atoms with Gasteiger partial charge in [-0.1, -0.05) is 0 Å². The zero-order valence-electron chi connectivity index (χ0n) is 9.60. The number of piperazine rings is 1. The van der Waals surface area contributed by atoms with E-state index < -0.39 is 0 Å². The Bertz CT molecular complexity index is 328. The molecule has 1 atom stereocenters. The topological polar surface area (TPSA) is 28.2 Å². The number of nitrogens with one attached hydrogen (secondary N) is 1. The number of pyridine rings is 1. The lowest BCUT2D eigenvalue weighted by Gasteiger charge is -2.35. The SMILES string of the molecule is c1cc([C@H](C2CC2)N2CCNCC2)ccn1. The van der Waals surface area contributed by atoms with E-state index in [2.05, 4.69) is 27.3 Å². The lowest BCUT2D eigenvalue weighted by atomic mass is 10.0. The van der Waals surface area contributed by atoms with Crippen molar-refractivity contribution < 1.29 is 0 Å². The first-order chi connectivity index (χ1) is 7.95. The summed E-state index contributed by atoms with van der Waals surface area (Å²) in [5.41, 5.74) is 1.46. The van der Waals surface area contributed by atoms with Crippen LogP contribution in [0.25, 0.3) is 0 Å². The van der Waals surface area contributed by atoms with Gasteiger partial charge in [-0.15, -0.1) is 0 Å². The molecule has 3 nitrogen and oxygen atoms in total. The molecule has 0 amide bonds. The number of hydrogen-bond acceptors (Lipinski definition) is 3. The van der Waals surface area contributed by atoms with Crippen LogP contribution in [0.4, 0.5) is 0 Å². The standard InChI is InChI=1S/C13H19N3/c1-2-11(1)13(12-3-5-14-6-4-12)16-9-7-15-8-10-16/h3-6,11,13,15H,1-2,7-10H2/t13-/m0/s1. The third-order valence-electron chi connectivity index (χ3n) is 3.66. The summed E-state index contributed by atoms with van der Waals surface area (Å²) in [6.45, 7) is 4.63. The summed E-state index contributed by atoms with van der Waals surface area (Å²) in [6.07, 6.45) is 6.65. The summed E-state index contributed by atoms with van der Waals surface area (Å²) in [4.78, 5) is 6.76. The highest BCUT2D eigenvalue weighted by atomic mass is 15.2. The van der Waals surface area contributed by atoms with Gasteiger partial charge in [-0.05, 0) is 36.5 Å². The fourth-order valence-electron chi connectivity index (χ4n) is 2.71. The number of aromatic nitrogens is 1. The molecule has 3 rings (SSSR count). The van der Waals surface area contributed by atoms with Crippen LogP contribution >= 0.6 is 0 Å². The average molecular weight is 217 g/mol. The van der Waals surface area contributed by atoms with E-state index in [9.17, 15) is 0 Å². The third kappa shape index (κ3) is 2.11. The second-order valence-corrected chi connectivity index (χ2v) is 4.85. The molecule has 2 aliphatic rings. The van der Waals surface area contributed by atoms with Gasteiger partial charge in [-0.3, -0.25) is 9.88 Å². The Morgan fingerprint density at radius 2 is 1.88 bits per heavy atom. The van der Waals surface area contributed by atoms with E-state index in [0.29, 0.717) is 6.04 Å². The molecule has 1 aliphatic heterocycles. The minimum absolute atomic E-state index is 0.644. The second-order valence-electron chi connectivity index (χ2n) is 4.85. The molecular formula is C13H19N3. The fraction of sp³-hybridized carbons (Fsp3) is 0.615. The predicted molar refractivity (Wildman–Crippen MR) is 64.1 cm³/mol. The second kappa shape index (κ2) is 4.52. The highest BCUT2D eigenvalue weighted by Crippen LogP contribution is 2.44. The summed E-state index contributed by atoms with van der Waals surface area (Å²) in [5.74, 6) is 0.889. The predicted octanol–water partition coefficient (Wildman–Crippen LogP) is 1.44. The van der Waals surface area contributed by atoms with Crippen LogP contribution in [0.15, 0.2) is 24.5 Å². The third-order valence-corrected chi connectivity index (χ3v) is 3.66. The van der Waals surface area contributed by atoms with Crippen molar-refractivity contribution in [1.82, 2.24) is 15.2 Å². The lowest BCUT2D eigenvalue weighted by Crippen LogP contribution is -2.45. The quantitative estimate of drug-likeness (QED) is 0.830. The van der Waals surface area contributed by atoms with E-state index in [1.165, 1.54) is 31.5 Å². The molecular weight excluding hydrogens is 198 g/mol. The van der Waals surface area contributed by atoms with Crippen LogP contribution in [0.5, 0.6) is 0 Å². The van der Waals surface area contributed by atoms with Crippen molar-refractivity contribution in [2.75, 3.05) is 26.2 Å². The Hall–Kier alpha value is -0.930. The first-order valence-electron chi connectivity index (χ1n) is 6.30.